The first-order chi connectivity index (χ1) is 6.66. The second kappa shape index (κ2) is 3.47. The van der Waals surface area contributed by atoms with E-state index in [4.69, 9.17) is 12.2 Å². The third kappa shape index (κ3) is 1.66. The minimum Gasteiger partial charge on any atom is -0.494 e. The zero-order chi connectivity index (χ0) is 10.1. The molecule has 72 valence electrons. The van der Waals surface area contributed by atoms with Gasteiger partial charge in [-0.3, -0.25) is 0 Å². The molecule has 2 N–H and O–H groups in total. The first-order valence-corrected chi connectivity index (χ1v) is 5.10. The number of thiazole rings is 1. The van der Waals surface area contributed by atoms with Crippen LogP contribution in [0.2, 0.25) is 0 Å². The van der Waals surface area contributed by atoms with E-state index in [1.54, 1.807) is 6.08 Å². The minimum atomic E-state index is 0.0856. The van der Waals surface area contributed by atoms with Crippen molar-refractivity contribution in [2.75, 3.05) is 0 Å². The van der Waals surface area contributed by atoms with Gasteiger partial charge in [-0.05, 0) is 25.2 Å². The quantitative estimate of drug-likeness (QED) is 0.721. The Labute approximate surface area is 89.4 Å². The highest BCUT2D eigenvalue weighted by molar-refractivity contribution is 7.73. The lowest BCUT2D eigenvalue weighted by molar-refractivity contribution is 0.456. The van der Waals surface area contributed by atoms with Crippen LogP contribution in [0.15, 0.2) is 15.7 Å². The molecule has 0 saturated heterocycles. The van der Waals surface area contributed by atoms with Crippen molar-refractivity contribution in [3.63, 3.8) is 0 Å². The van der Waals surface area contributed by atoms with Crippen molar-refractivity contribution in [2.45, 2.75) is 6.92 Å². The van der Waals surface area contributed by atoms with Crippen molar-refractivity contribution in [1.29, 1.82) is 0 Å². The minimum absolute atomic E-state index is 0.0856. The van der Waals surface area contributed by atoms with Crippen LogP contribution in [0.4, 0.5) is 0 Å². The molecule has 0 spiro atoms. The summed E-state index contributed by atoms with van der Waals surface area (Å²) in [5.74, 6) is 0.0856. The summed E-state index contributed by atoms with van der Waals surface area (Å²) in [4.78, 5) is 11.4. The molecule has 2 heterocycles. The molecule has 0 radical (unpaired) electrons. The number of H-pyrrole nitrogens is 1. The number of aromatic amines is 1. The highest BCUT2D eigenvalue weighted by Gasteiger charge is 2.08. The number of nitrogens with one attached hydrogen (secondary N) is 1. The van der Waals surface area contributed by atoms with E-state index >= 15 is 0 Å². The fourth-order valence-electron chi connectivity index (χ4n) is 1.03. The van der Waals surface area contributed by atoms with E-state index < -0.39 is 0 Å². The van der Waals surface area contributed by atoms with Gasteiger partial charge in [0.05, 0.1) is 16.3 Å². The predicted octanol–water partition coefficient (Wildman–Crippen LogP) is 2.35. The average molecular weight is 225 g/mol. The molecule has 0 amide bonds. The Morgan fingerprint density at radius 1 is 1.64 bits per heavy atom. The third-order valence-corrected chi connectivity index (χ3v) is 2.91. The molecule has 0 aliphatic carbocycles. The van der Waals surface area contributed by atoms with Gasteiger partial charge in [0.15, 0.2) is 3.95 Å². The van der Waals surface area contributed by atoms with Crippen molar-refractivity contribution < 1.29 is 5.11 Å². The fraction of sp³-hybridized carbons (Fsp3) is 0.125. The van der Waals surface area contributed by atoms with Gasteiger partial charge >= 0.3 is 0 Å². The van der Waals surface area contributed by atoms with Crippen molar-refractivity contribution in [3.8, 4) is 5.88 Å². The van der Waals surface area contributed by atoms with Crippen LogP contribution >= 0.6 is 23.6 Å². The highest BCUT2D eigenvalue weighted by Crippen LogP contribution is 2.25. The van der Waals surface area contributed by atoms with Crippen LogP contribution in [0.3, 0.4) is 0 Å². The lowest BCUT2D eigenvalue weighted by Gasteiger charge is -1.92. The number of allylic oxidation sites excluding steroid dienone is 1. The molecule has 0 saturated carbocycles. The van der Waals surface area contributed by atoms with E-state index in [1.807, 2.05) is 6.92 Å². The van der Waals surface area contributed by atoms with Gasteiger partial charge in [-0.25, -0.2) is 9.98 Å². The molecule has 14 heavy (non-hydrogen) atoms. The van der Waals surface area contributed by atoms with Gasteiger partial charge in [0.25, 0.3) is 0 Å². The normalized spacial score (nSPS) is 17.8. The number of hydrogen-bond donors (Lipinski definition) is 2. The summed E-state index contributed by atoms with van der Waals surface area (Å²) in [6.07, 6.45) is 3.25. The van der Waals surface area contributed by atoms with Crippen LogP contribution in [-0.2, 0) is 0 Å². The Hall–Kier alpha value is -1.27. The number of nitrogens with zero attached hydrogens (tertiary/aromatic N) is 2. The van der Waals surface area contributed by atoms with Crippen molar-refractivity contribution in [3.05, 3.63) is 14.5 Å². The average Bonchev–Trinajstić information content (AvgIpc) is 2.62. The maximum atomic E-state index is 9.43. The Balaban J connectivity index is 2.43. The number of hydrogen-bond acceptors (Lipinski definition) is 5. The molecular weight excluding hydrogens is 218 g/mol. The maximum Gasteiger partial charge on any atom is 0.207 e. The van der Waals surface area contributed by atoms with Gasteiger partial charge in [0, 0.05) is 0 Å². The summed E-state index contributed by atoms with van der Waals surface area (Å²) in [6, 6.07) is 0. The summed E-state index contributed by atoms with van der Waals surface area (Å²) in [6.45, 7) is 1.86. The van der Waals surface area contributed by atoms with E-state index in [0.29, 0.717) is 8.83 Å². The Morgan fingerprint density at radius 3 is 2.93 bits per heavy atom. The largest absolute Gasteiger partial charge is 0.494 e. The lowest BCUT2D eigenvalue weighted by Crippen LogP contribution is -1.87. The molecule has 0 fully saturated rings. The van der Waals surface area contributed by atoms with Gasteiger partial charge in [-0.1, -0.05) is 0 Å². The van der Waals surface area contributed by atoms with Gasteiger partial charge < -0.3 is 10.1 Å². The van der Waals surface area contributed by atoms with Gasteiger partial charge in [0.2, 0.25) is 5.88 Å². The number of aromatic hydroxyl groups is 1. The molecule has 1 aliphatic rings. The Morgan fingerprint density at radius 2 is 2.43 bits per heavy atom. The van der Waals surface area contributed by atoms with E-state index in [2.05, 4.69) is 15.0 Å². The van der Waals surface area contributed by atoms with Gasteiger partial charge in [0.1, 0.15) is 6.34 Å². The number of rotatable bonds is 1. The van der Waals surface area contributed by atoms with Crippen LogP contribution in [0.5, 0.6) is 5.88 Å². The molecule has 0 bridgehead atoms. The molecule has 1 aromatic rings. The fourth-order valence-corrected chi connectivity index (χ4v) is 2.06. The number of aromatic nitrogens is 1. The molecule has 0 atom stereocenters. The summed E-state index contributed by atoms with van der Waals surface area (Å²) in [5.41, 5.74) is 1.59. The highest BCUT2D eigenvalue weighted by atomic mass is 32.1. The maximum absolute atomic E-state index is 9.43. The topological polar surface area (TPSA) is 60.7 Å². The first-order valence-electron chi connectivity index (χ1n) is 3.88. The predicted molar refractivity (Wildman–Crippen MR) is 60.7 cm³/mol. The molecule has 6 heteroatoms. The zero-order valence-electron chi connectivity index (χ0n) is 7.31. The van der Waals surface area contributed by atoms with Crippen LogP contribution in [-0.4, -0.2) is 22.1 Å². The summed E-state index contributed by atoms with van der Waals surface area (Å²) in [5, 5.41) is 9.43. The molecule has 0 unspecified atom stereocenters. The van der Waals surface area contributed by atoms with Crippen molar-refractivity contribution >= 4 is 41.7 Å². The molecular formula is C8H7N3OS2. The van der Waals surface area contributed by atoms with E-state index in [9.17, 15) is 5.11 Å². The van der Waals surface area contributed by atoms with E-state index in [1.165, 1.54) is 17.7 Å². The summed E-state index contributed by atoms with van der Waals surface area (Å²) in [7, 11) is 0. The standard InChI is InChI=1S/C8H7N3OS2/c1-4-5(10-3-9-4)2-6-7(12)11-8(13)14-6/h2-3,12H,1H3,(H,11,13)/b5-2-. The molecule has 1 aromatic heterocycles. The van der Waals surface area contributed by atoms with Crippen LogP contribution in [0.1, 0.15) is 11.8 Å². The second-order valence-electron chi connectivity index (χ2n) is 2.72. The molecule has 0 aromatic carbocycles. The van der Waals surface area contributed by atoms with Crippen LogP contribution in [0, 0.1) is 3.95 Å². The smallest absolute Gasteiger partial charge is 0.207 e. The van der Waals surface area contributed by atoms with Gasteiger partial charge in [-0.15, -0.1) is 11.3 Å². The third-order valence-electron chi connectivity index (χ3n) is 1.74. The lowest BCUT2D eigenvalue weighted by atomic mass is 10.3. The first kappa shape index (κ1) is 9.29. The summed E-state index contributed by atoms with van der Waals surface area (Å²) >= 11 is 6.20. The summed E-state index contributed by atoms with van der Waals surface area (Å²) < 4.78 is 0.547. The van der Waals surface area contributed by atoms with Crippen molar-refractivity contribution in [2.24, 2.45) is 9.98 Å². The van der Waals surface area contributed by atoms with Crippen molar-refractivity contribution in [1.82, 2.24) is 4.98 Å². The SMILES string of the molecule is CC1=NC=N/C1=C\c1sc(=S)[nH]c1O. The Kier molecular flexibility index (Phi) is 2.30. The zero-order valence-corrected chi connectivity index (χ0v) is 8.95. The molecule has 2 rings (SSSR count). The second-order valence-corrected chi connectivity index (χ2v) is 4.43. The molecule has 1 aliphatic heterocycles. The van der Waals surface area contributed by atoms with Crippen LogP contribution < -0.4 is 0 Å². The number of aliphatic imine (C=N–C) groups is 2. The van der Waals surface area contributed by atoms with E-state index in [0.717, 1.165) is 11.4 Å². The van der Waals surface area contributed by atoms with E-state index in [-0.39, 0.29) is 5.88 Å². The Bertz CT molecular complexity index is 507. The van der Waals surface area contributed by atoms with Crippen LogP contribution in [0.25, 0.3) is 6.08 Å². The van der Waals surface area contributed by atoms with Gasteiger partial charge in [-0.2, -0.15) is 0 Å². The molecule has 4 nitrogen and oxygen atoms in total. The monoisotopic (exact) mass is 225 g/mol.